The van der Waals surface area contributed by atoms with E-state index in [-0.39, 0.29) is 6.54 Å². The highest BCUT2D eigenvalue weighted by atomic mass is 32.2. The van der Waals surface area contributed by atoms with Crippen molar-refractivity contribution in [3.8, 4) is 22.4 Å². The standard InChI is InChI=1S/C19H16N4O2S2/c24-27(25,18-5-2-10-26-18)22-12-14-3-1-4-16(11-14)19-17(13-21-23-19)15-6-8-20-9-7-15/h1-11,13,22H,12H2,(H,21,23). The maximum atomic E-state index is 12.3. The van der Waals surface area contributed by atoms with Gasteiger partial charge in [-0.15, -0.1) is 11.3 Å². The highest BCUT2D eigenvalue weighted by Crippen LogP contribution is 2.30. The first kappa shape index (κ1) is 17.6. The van der Waals surface area contributed by atoms with Crippen LogP contribution in [0.1, 0.15) is 5.56 Å². The van der Waals surface area contributed by atoms with Gasteiger partial charge in [-0.25, -0.2) is 13.1 Å². The number of benzene rings is 1. The lowest BCUT2D eigenvalue weighted by Gasteiger charge is -2.07. The van der Waals surface area contributed by atoms with E-state index in [1.165, 1.54) is 11.3 Å². The molecule has 0 spiro atoms. The maximum Gasteiger partial charge on any atom is 0.250 e. The van der Waals surface area contributed by atoms with Gasteiger partial charge < -0.3 is 0 Å². The summed E-state index contributed by atoms with van der Waals surface area (Å²) in [6, 6.07) is 14.8. The highest BCUT2D eigenvalue weighted by Gasteiger charge is 2.15. The highest BCUT2D eigenvalue weighted by molar-refractivity contribution is 7.91. The minimum absolute atomic E-state index is 0.211. The van der Waals surface area contributed by atoms with Crippen LogP contribution in [0.15, 0.2) is 76.7 Å². The molecule has 2 N–H and O–H groups in total. The molecule has 1 aromatic carbocycles. The number of aromatic nitrogens is 3. The lowest BCUT2D eigenvalue weighted by Crippen LogP contribution is -2.22. The van der Waals surface area contributed by atoms with Crippen molar-refractivity contribution >= 4 is 21.4 Å². The second-order valence-corrected chi connectivity index (χ2v) is 8.78. The molecule has 0 amide bonds. The van der Waals surface area contributed by atoms with E-state index in [0.717, 1.165) is 27.9 Å². The minimum Gasteiger partial charge on any atom is -0.284 e. The lowest BCUT2D eigenvalue weighted by molar-refractivity contribution is 0.583. The number of pyridine rings is 1. The van der Waals surface area contributed by atoms with Crippen LogP contribution in [0.3, 0.4) is 0 Å². The summed E-state index contributed by atoms with van der Waals surface area (Å²) in [7, 11) is -3.49. The van der Waals surface area contributed by atoms with E-state index in [4.69, 9.17) is 0 Å². The van der Waals surface area contributed by atoms with Crippen LogP contribution in [-0.4, -0.2) is 23.6 Å². The fourth-order valence-corrected chi connectivity index (χ4v) is 4.81. The summed E-state index contributed by atoms with van der Waals surface area (Å²) in [6.45, 7) is 0.211. The van der Waals surface area contributed by atoms with E-state index in [1.54, 1.807) is 29.9 Å². The fourth-order valence-electron chi connectivity index (χ4n) is 2.76. The first-order valence-electron chi connectivity index (χ1n) is 8.20. The molecule has 6 nitrogen and oxygen atoms in total. The number of rotatable bonds is 6. The monoisotopic (exact) mass is 396 g/mol. The smallest absolute Gasteiger partial charge is 0.250 e. The predicted octanol–water partition coefficient (Wildman–Crippen LogP) is 3.68. The third kappa shape index (κ3) is 3.82. The second kappa shape index (κ2) is 7.43. The summed E-state index contributed by atoms with van der Waals surface area (Å²) in [6.07, 6.45) is 5.32. The van der Waals surface area contributed by atoms with Crippen molar-refractivity contribution in [1.82, 2.24) is 19.9 Å². The summed E-state index contributed by atoms with van der Waals surface area (Å²) in [5, 5.41) is 9.02. The normalized spacial score (nSPS) is 11.6. The number of hydrogen-bond acceptors (Lipinski definition) is 5. The van der Waals surface area contributed by atoms with Crippen LogP contribution in [0, 0.1) is 0 Å². The average Bonchev–Trinajstić information content (AvgIpc) is 3.40. The molecule has 0 atom stereocenters. The summed E-state index contributed by atoms with van der Waals surface area (Å²) in [4.78, 5) is 4.05. The zero-order chi connectivity index (χ0) is 18.7. The minimum atomic E-state index is -3.49. The van der Waals surface area contributed by atoms with Gasteiger partial charge in [0.25, 0.3) is 0 Å². The molecule has 8 heteroatoms. The van der Waals surface area contributed by atoms with Gasteiger partial charge in [0, 0.05) is 36.3 Å². The summed E-state index contributed by atoms with van der Waals surface area (Å²) < 4.78 is 27.5. The molecular weight excluding hydrogens is 380 g/mol. The van der Waals surface area contributed by atoms with Crippen molar-refractivity contribution < 1.29 is 8.42 Å². The molecule has 0 aliphatic carbocycles. The fraction of sp³-hybridized carbons (Fsp3) is 0.0526. The van der Waals surface area contributed by atoms with E-state index in [0.29, 0.717) is 4.21 Å². The third-order valence-corrected chi connectivity index (χ3v) is 6.86. The van der Waals surface area contributed by atoms with Crippen LogP contribution in [0.25, 0.3) is 22.4 Å². The van der Waals surface area contributed by atoms with Gasteiger partial charge in [0.1, 0.15) is 4.21 Å². The molecular formula is C19H16N4O2S2. The predicted molar refractivity (Wildman–Crippen MR) is 106 cm³/mol. The molecule has 3 heterocycles. The van der Waals surface area contributed by atoms with Crippen molar-refractivity contribution in [2.45, 2.75) is 10.8 Å². The molecule has 4 aromatic rings. The Labute approximate surface area is 161 Å². The largest absolute Gasteiger partial charge is 0.284 e. The van der Waals surface area contributed by atoms with E-state index in [1.807, 2.05) is 42.6 Å². The molecule has 4 rings (SSSR count). The molecule has 0 radical (unpaired) electrons. The molecule has 0 aliphatic heterocycles. The summed E-state index contributed by atoms with van der Waals surface area (Å²) in [5.41, 5.74) is 4.56. The Hall–Kier alpha value is -2.81. The maximum absolute atomic E-state index is 12.3. The van der Waals surface area contributed by atoms with Crippen LogP contribution in [-0.2, 0) is 16.6 Å². The Kier molecular flexibility index (Phi) is 4.85. The average molecular weight is 396 g/mol. The van der Waals surface area contributed by atoms with Gasteiger partial charge >= 0.3 is 0 Å². The Bertz CT molecular complexity index is 1140. The third-order valence-electron chi connectivity index (χ3n) is 4.06. The molecule has 0 saturated carbocycles. The van der Waals surface area contributed by atoms with Crippen molar-refractivity contribution in [3.05, 3.63) is 78.1 Å². The molecule has 0 bridgehead atoms. The molecule has 27 heavy (non-hydrogen) atoms. The van der Waals surface area contributed by atoms with Gasteiger partial charge in [-0.05, 0) is 40.8 Å². The Morgan fingerprint density at radius 1 is 1.04 bits per heavy atom. The SMILES string of the molecule is O=S(=O)(NCc1cccc(-c2n[nH]cc2-c2ccncc2)c1)c1cccs1. The van der Waals surface area contributed by atoms with Crippen molar-refractivity contribution in [2.75, 3.05) is 0 Å². The lowest BCUT2D eigenvalue weighted by atomic mass is 10.0. The van der Waals surface area contributed by atoms with Crippen LogP contribution in [0.4, 0.5) is 0 Å². The Morgan fingerprint density at radius 3 is 2.67 bits per heavy atom. The van der Waals surface area contributed by atoms with Crippen molar-refractivity contribution in [3.63, 3.8) is 0 Å². The van der Waals surface area contributed by atoms with E-state index in [9.17, 15) is 8.42 Å². The van der Waals surface area contributed by atoms with Crippen LogP contribution < -0.4 is 4.72 Å². The van der Waals surface area contributed by atoms with Crippen LogP contribution in [0.2, 0.25) is 0 Å². The number of hydrogen-bond donors (Lipinski definition) is 2. The zero-order valence-electron chi connectivity index (χ0n) is 14.2. The number of nitrogens with one attached hydrogen (secondary N) is 2. The molecule has 0 aliphatic rings. The van der Waals surface area contributed by atoms with Gasteiger partial charge in [-0.3, -0.25) is 10.1 Å². The number of sulfonamides is 1. The topological polar surface area (TPSA) is 87.7 Å². The van der Waals surface area contributed by atoms with Gasteiger partial charge in [0.15, 0.2) is 0 Å². The molecule has 0 unspecified atom stereocenters. The van der Waals surface area contributed by atoms with Gasteiger partial charge in [-0.2, -0.15) is 5.10 Å². The van der Waals surface area contributed by atoms with E-state index in [2.05, 4.69) is 19.9 Å². The Morgan fingerprint density at radius 2 is 1.89 bits per heavy atom. The summed E-state index contributed by atoms with van der Waals surface area (Å²) >= 11 is 1.20. The van der Waals surface area contributed by atoms with E-state index < -0.39 is 10.0 Å². The van der Waals surface area contributed by atoms with Gasteiger partial charge in [0.05, 0.1) is 5.69 Å². The van der Waals surface area contributed by atoms with Crippen molar-refractivity contribution in [2.24, 2.45) is 0 Å². The first-order valence-corrected chi connectivity index (χ1v) is 10.6. The Balaban J connectivity index is 1.59. The molecule has 136 valence electrons. The quantitative estimate of drug-likeness (QED) is 0.520. The number of thiophene rings is 1. The van der Waals surface area contributed by atoms with E-state index >= 15 is 0 Å². The van der Waals surface area contributed by atoms with Crippen LogP contribution in [0.5, 0.6) is 0 Å². The van der Waals surface area contributed by atoms with Crippen molar-refractivity contribution in [1.29, 1.82) is 0 Å². The molecule has 0 fully saturated rings. The first-order chi connectivity index (χ1) is 13.1. The van der Waals surface area contributed by atoms with Crippen LogP contribution >= 0.6 is 11.3 Å². The zero-order valence-corrected chi connectivity index (χ0v) is 15.8. The number of nitrogens with zero attached hydrogens (tertiary/aromatic N) is 2. The molecule has 3 aromatic heterocycles. The van der Waals surface area contributed by atoms with Gasteiger partial charge in [0.2, 0.25) is 10.0 Å². The number of aromatic amines is 1. The second-order valence-electron chi connectivity index (χ2n) is 5.84. The molecule has 0 saturated heterocycles. The van der Waals surface area contributed by atoms with Gasteiger partial charge in [-0.1, -0.05) is 24.3 Å². The number of H-pyrrole nitrogens is 1. The summed E-state index contributed by atoms with van der Waals surface area (Å²) in [5.74, 6) is 0.